The number of benzene rings is 8. The minimum Gasteiger partial charge on any atom is -0.456 e. The van der Waals surface area contributed by atoms with E-state index >= 15 is 0 Å². The molecule has 1 aliphatic rings. The smallest absolute Gasteiger partial charge is 0.159 e. The van der Waals surface area contributed by atoms with Crippen LogP contribution < -0.4 is 5.32 Å². The monoisotopic (exact) mass is 719 g/mol. The molecule has 1 N–H and O–H groups in total. The molecule has 5 nitrogen and oxygen atoms in total. The molecule has 0 saturated heterocycles. The molecule has 0 spiro atoms. The Morgan fingerprint density at radius 1 is 0.393 bits per heavy atom. The van der Waals surface area contributed by atoms with Crippen LogP contribution in [0.1, 0.15) is 22.9 Å². The van der Waals surface area contributed by atoms with Crippen molar-refractivity contribution in [1.82, 2.24) is 5.32 Å². The molecule has 1 atom stereocenters. The van der Waals surface area contributed by atoms with Crippen LogP contribution >= 0.6 is 0 Å². The number of nitrogens with one attached hydrogen (secondary N) is 1. The van der Waals surface area contributed by atoms with E-state index in [1.54, 1.807) is 0 Å². The lowest BCUT2D eigenvalue weighted by Crippen LogP contribution is -2.33. The predicted molar refractivity (Wildman–Crippen MR) is 229 cm³/mol. The van der Waals surface area contributed by atoms with E-state index in [9.17, 15) is 0 Å². The summed E-state index contributed by atoms with van der Waals surface area (Å²) in [6.07, 6.45) is -0.282. The molecule has 0 fully saturated rings. The maximum Gasteiger partial charge on any atom is 0.159 e. The van der Waals surface area contributed by atoms with Gasteiger partial charge in [0, 0.05) is 32.7 Å². The van der Waals surface area contributed by atoms with E-state index in [1.165, 1.54) is 5.56 Å². The zero-order chi connectivity index (χ0) is 37.0. The van der Waals surface area contributed by atoms with Gasteiger partial charge in [0.25, 0.3) is 0 Å². The van der Waals surface area contributed by atoms with Gasteiger partial charge in [0.1, 0.15) is 34.3 Å². The molecular formula is C51H33N3O2. The Morgan fingerprint density at radius 2 is 0.964 bits per heavy atom. The van der Waals surface area contributed by atoms with E-state index < -0.39 is 0 Å². The molecule has 2 aromatic heterocycles. The van der Waals surface area contributed by atoms with Crippen LogP contribution in [-0.4, -0.2) is 11.7 Å². The Labute approximate surface area is 322 Å². The van der Waals surface area contributed by atoms with E-state index in [2.05, 4.69) is 151 Å². The molecule has 0 bridgehead atoms. The fourth-order valence-electron chi connectivity index (χ4n) is 8.13. The summed E-state index contributed by atoms with van der Waals surface area (Å²) in [6.45, 7) is 0. The minimum absolute atomic E-state index is 0.282. The summed E-state index contributed by atoms with van der Waals surface area (Å²) in [7, 11) is 0. The van der Waals surface area contributed by atoms with Crippen molar-refractivity contribution in [2.24, 2.45) is 9.98 Å². The summed E-state index contributed by atoms with van der Waals surface area (Å²) < 4.78 is 13.1. The van der Waals surface area contributed by atoms with Crippen molar-refractivity contribution in [3.63, 3.8) is 0 Å². The first-order valence-corrected chi connectivity index (χ1v) is 18.8. The fourth-order valence-corrected chi connectivity index (χ4v) is 8.13. The summed E-state index contributed by atoms with van der Waals surface area (Å²) >= 11 is 0. The van der Waals surface area contributed by atoms with Crippen LogP contribution in [0.5, 0.6) is 0 Å². The minimum atomic E-state index is -0.282. The van der Waals surface area contributed by atoms with E-state index in [-0.39, 0.29) is 6.17 Å². The average Bonchev–Trinajstić information content (AvgIpc) is 3.85. The van der Waals surface area contributed by atoms with Crippen molar-refractivity contribution in [2.75, 3.05) is 0 Å². The molecule has 10 aromatic rings. The van der Waals surface area contributed by atoms with Gasteiger partial charge in [-0.15, -0.1) is 0 Å². The van der Waals surface area contributed by atoms with E-state index in [1.807, 2.05) is 42.5 Å². The topological polar surface area (TPSA) is 63.0 Å². The number of aliphatic imine (C=N–C) groups is 2. The van der Waals surface area contributed by atoms with Crippen LogP contribution in [-0.2, 0) is 0 Å². The van der Waals surface area contributed by atoms with Gasteiger partial charge in [0.15, 0.2) is 5.84 Å². The maximum absolute atomic E-state index is 6.65. The summed E-state index contributed by atoms with van der Waals surface area (Å²) in [5.74, 6) is 1.44. The van der Waals surface area contributed by atoms with Gasteiger partial charge in [-0.1, -0.05) is 152 Å². The Morgan fingerprint density at radius 3 is 1.66 bits per heavy atom. The van der Waals surface area contributed by atoms with Crippen LogP contribution in [0.25, 0.3) is 77.3 Å². The summed E-state index contributed by atoms with van der Waals surface area (Å²) in [6, 6.07) is 65.1. The Bertz CT molecular complexity index is 3160. The first-order chi connectivity index (χ1) is 27.7. The molecule has 0 amide bonds. The molecular weight excluding hydrogens is 687 g/mol. The van der Waals surface area contributed by atoms with E-state index in [4.69, 9.17) is 18.8 Å². The summed E-state index contributed by atoms with van der Waals surface area (Å²) in [5.41, 5.74) is 13.1. The lowest BCUT2D eigenvalue weighted by Gasteiger charge is -2.23. The third-order valence-electron chi connectivity index (χ3n) is 10.8. The number of rotatable bonds is 6. The number of hydrogen-bond acceptors (Lipinski definition) is 5. The molecule has 56 heavy (non-hydrogen) atoms. The van der Waals surface area contributed by atoms with Crippen molar-refractivity contribution in [1.29, 1.82) is 0 Å². The molecule has 0 saturated carbocycles. The second kappa shape index (κ2) is 13.1. The molecule has 0 radical (unpaired) electrons. The van der Waals surface area contributed by atoms with Gasteiger partial charge in [-0.05, 0) is 75.3 Å². The summed E-state index contributed by atoms with van der Waals surface area (Å²) in [5, 5.41) is 7.86. The lowest BCUT2D eigenvalue weighted by atomic mass is 9.90. The highest BCUT2D eigenvalue weighted by atomic mass is 16.3. The zero-order valence-corrected chi connectivity index (χ0v) is 30.2. The second-order valence-corrected chi connectivity index (χ2v) is 14.1. The number of amidine groups is 2. The SMILES string of the molecule is c1ccc(C2=NC(c3ccc4c(c3)oc3cccc(-c5ccccc5-c5cccc6oc7ccc(-c8ccccc8)cc7c56)c34)=NC(c3ccccc3)N2)cc1. The number of furan rings is 2. The fraction of sp³-hybridized carbons (Fsp3) is 0.0196. The predicted octanol–water partition coefficient (Wildman–Crippen LogP) is 13.0. The Hall–Kier alpha value is -7.50. The van der Waals surface area contributed by atoms with Gasteiger partial charge >= 0.3 is 0 Å². The third-order valence-corrected chi connectivity index (χ3v) is 10.8. The molecule has 8 aromatic carbocycles. The molecule has 5 heteroatoms. The third kappa shape index (κ3) is 5.40. The van der Waals surface area contributed by atoms with Crippen LogP contribution in [0.3, 0.4) is 0 Å². The molecule has 0 aliphatic carbocycles. The van der Waals surface area contributed by atoms with Crippen molar-refractivity contribution >= 4 is 55.5 Å². The van der Waals surface area contributed by atoms with Gasteiger partial charge in [-0.3, -0.25) is 0 Å². The normalized spacial score (nSPS) is 14.2. The second-order valence-electron chi connectivity index (χ2n) is 14.1. The molecule has 264 valence electrons. The zero-order valence-electron chi connectivity index (χ0n) is 30.2. The molecule has 1 unspecified atom stereocenters. The maximum atomic E-state index is 6.65. The first kappa shape index (κ1) is 32.0. The van der Waals surface area contributed by atoms with Crippen LogP contribution in [0.4, 0.5) is 0 Å². The van der Waals surface area contributed by atoms with Gasteiger partial charge in [-0.2, -0.15) is 0 Å². The van der Waals surface area contributed by atoms with Crippen molar-refractivity contribution in [3.05, 3.63) is 205 Å². The summed E-state index contributed by atoms with van der Waals surface area (Å²) in [4.78, 5) is 10.1. The van der Waals surface area contributed by atoms with Gasteiger partial charge in [0.05, 0.1) is 0 Å². The van der Waals surface area contributed by atoms with E-state index in [0.29, 0.717) is 5.84 Å². The number of nitrogens with zero attached hydrogens (tertiary/aromatic N) is 2. The molecule has 1 aliphatic heterocycles. The average molecular weight is 720 g/mol. The van der Waals surface area contributed by atoms with Crippen LogP contribution in [0.15, 0.2) is 207 Å². The highest BCUT2D eigenvalue weighted by Gasteiger charge is 2.23. The largest absolute Gasteiger partial charge is 0.456 e. The van der Waals surface area contributed by atoms with Gasteiger partial charge < -0.3 is 14.2 Å². The van der Waals surface area contributed by atoms with Crippen LogP contribution in [0.2, 0.25) is 0 Å². The Balaban J connectivity index is 1.05. The van der Waals surface area contributed by atoms with Crippen molar-refractivity contribution < 1.29 is 8.83 Å². The number of fused-ring (bicyclic) bond motifs is 6. The van der Waals surface area contributed by atoms with Gasteiger partial charge in [-0.25, -0.2) is 9.98 Å². The van der Waals surface area contributed by atoms with Crippen molar-refractivity contribution in [2.45, 2.75) is 6.17 Å². The standard InChI is InChI=1S/C51H33N3O2/c1-4-14-32(15-5-1)35-27-29-43-42(30-35)48-40(23-13-25-45(48)55-43)38-21-11-10-20-37(38)39-22-12-24-44-47(39)41-28-26-36(31-46(41)56-44)51-53-49(33-16-6-2-7-17-33)52-50(54-51)34-18-8-3-9-19-34/h1-31,49H,(H,52,53,54). The van der Waals surface area contributed by atoms with Gasteiger partial charge in [0.2, 0.25) is 0 Å². The van der Waals surface area contributed by atoms with Crippen molar-refractivity contribution in [3.8, 4) is 33.4 Å². The van der Waals surface area contributed by atoms with Crippen LogP contribution in [0, 0.1) is 0 Å². The quantitative estimate of drug-likeness (QED) is 0.186. The highest BCUT2D eigenvalue weighted by Crippen LogP contribution is 2.44. The number of hydrogen-bond donors (Lipinski definition) is 1. The van der Waals surface area contributed by atoms with E-state index in [0.717, 1.165) is 94.2 Å². The Kier molecular flexibility index (Phi) is 7.49. The highest BCUT2D eigenvalue weighted by molar-refractivity contribution is 6.19. The molecule has 11 rings (SSSR count). The molecule has 3 heterocycles. The first-order valence-electron chi connectivity index (χ1n) is 18.8. The lowest BCUT2D eigenvalue weighted by molar-refractivity contribution is 0.667.